The van der Waals surface area contributed by atoms with Gasteiger partial charge in [-0.3, -0.25) is 0 Å². The van der Waals surface area contributed by atoms with Crippen LogP contribution in [0.25, 0.3) is 0 Å². The van der Waals surface area contributed by atoms with E-state index in [1.807, 2.05) is 0 Å². The molecule has 0 saturated carbocycles. The molecule has 0 aromatic rings. The first-order valence-corrected chi connectivity index (χ1v) is 0.428. The van der Waals surface area contributed by atoms with Crippen LogP contribution in [0.3, 0.4) is 0 Å². The maximum absolute atomic E-state index is 8.24. The van der Waals surface area contributed by atoms with Crippen molar-refractivity contribution in [1.82, 2.24) is 0 Å². The molecule has 2 nitrogen and oxygen atoms in total. The molecule has 0 rings (SSSR count). The zero-order valence-electron chi connectivity index (χ0n) is 4.77. The topological polar surface area (TPSA) is 37.3 Å². The molecule has 0 heterocycles. The molecule has 0 aromatic heterocycles. The third kappa shape index (κ3) is 27.5. The van der Waals surface area contributed by atoms with E-state index in [2.05, 4.69) is 0 Å². The van der Waals surface area contributed by atoms with Gasteiger partial charge in [0.2, 0.25) is 0 Å². The Labute approximate surface area is 86.1 Å². The molecular weight excluding hydrogens is 247 g/mol. The maximum Gasteiger partial charge on any atom is 2.00 e. The van der Waals surface area contributed by atoms with Gasteiger partial charge in [-0.2, -0.15) is 0 Å². The molecular formula is CH3BaO2Zn-. The van der Waals surface area contributed by atoms with Crippen molar-refractivity contribution in [2.45, 2.75) is 0 Å². The van der Waals surface area contributed by atoms with Gasteiger partial charge < -0.3 is 12.8 Å². The van der Waals surface area contributed by atoms with Crippen molar-refractivity contribution in [2.24, 2.45) is 0 Å². The number of rotatable bonds is 0. The van der Waals surface area contributed by atoms with Gasteiger partial charge >= 0.3 is 48.9 Å². The smallest absolute Gasteiger partial charge is 1.00 e. The Morgan fingerprint density at radius 3 is 1.80 bits per heavy atom. The van der Waals surface area contributed by atoms with Gasteiger partial charge in [-0.15, -0.1) is 0 Å². The summed E-state index contributed by atoms with van der Waals surface area (Å²) in [5.74, 6) is 0. The normalized spacial score (nSPS) is 2.40. The fraction of sp³-hybridized carbons (Fsp3) is 0. The van der Waals surface area contributed by atoms with Crippen molar-refractivity contribution in [2.75, 3.05) is 0 Å². The molecule has 0 aliphatic carbocycles. The second-order valence-electron chi connectivity index (χ2n) is 0.0913. The first-order valence-electron chi connectivity index (χ1n) is 0.428. The van der Waals surface area contributed by atoms with E-state index in [4.69, 9.17) is 9.90 Å². The summed E-state index contributed by atoms with van der Waals surface area (Å²) < 4.78 is 0. The van der Waals surface area contributed by atoms with Gasteiger partial charge in [0.05, 0.1) is 0 Å². The summed E-state index contributed by atoms with van der Waals surface area (Å²) in [6, 6.07) is 0. The predicted molar refractivity (Wildman–Crippen MR) is 16.3 cm³/mol. The molecule has 4 heteroatoms. The van der Waals surface area contributed by atoms with Crippen LogP contribution < -0.4 is 0 Å². The summed E-state index contributed by atoms with van der Waals surface area (Å²) in [6.07, 6.45) is 0. The molecule has 24 valence electrons. The number of hydrogen-bond acceptors (Lipinski definition) is 1. The van der Waals surface area contributed by atoms with Crippen LogP contribution in [0, 0.1) is 0 Å². The summed E-state index contributed by atoms with van der Waals surface area (Å²) >= 11 is 0. The molecule has 0 fully saturated rings. The molecule has 0 aliphatic heterocycles. The predicted octanol–water partition coefficient (Wildman–Crippen LogP) is -0.547. The number of aliphatic hydroxyl groups excluding tert-OH is 1. The molecule has 0 spiro atoms. The van der Waals surface area contributed by atoms with E-state index in [-0.39, 0.29) is 71.2 Å². The largest absolute Gasteiger partial charge is 2.00 e. The van der Waals surface area contributed by atoms with Gasteiger partial charge in [-0.25, -0.2) is 0 Å². The Kier molecular flexibility index (Phi) is 55.3. The summed E-state index contributed by atoms with van der Waals surface area (Å²) in [6.45, 7) is 0.500. The molecule has 0 unspecified atom stereocenters. The molecule has 0 bridgehead atoms. The van der Waals surface area contributed by atoms with Crippen LogP contribution in [0.2, 0.25) is 0 Å². The van der Waals surface area contributed by atoms with Crippen molar-refractivity contribution >= 4 is 55.4 Å². The molecule has 0 aromatic carbocycles. The Hall–Kier alpha value is 1.66. The zero-order chi connectivity index (χ0) is 2.71. The minimum absolute atomic E-state index is 0. The molecule has 5 heavy (non-hydrogen) atoms. The Morgan fingerprint density at radius 1 is 1.80 bits per heavy atom. The standard InChI is InChI=1S/CHO2.Ba.Zn.2H/c2-1-3;;;;/h(H,2,3);;;;/q-1;+2;;2*-1. The third-order valence-corrected chi connectivity index (χ3v) is 0. The Morgan fingerprint density at radius 2 is 1.80 bits per heavy atom. The molecule has 1 N–H and O–H groups in total. The van der Waals surface area contributed by atoms with Gasteiger partial charge in [0.15, 0.2) is 0 Å². The average molecular weight is 250 g/mol. The van der Waals surface area contributed by atoms with Crippen molar-refractivity contribution in [1.29, 1.82) is 0 Å². The fourth-order valence-corrected chi connectivity index (χ4v) is 0. The first-order chi connectivity index (χ1) is 1.41. The first kappa shape index (κ1) is 15.9. The van der Waals surface area contributed by atoms with E-state index in [0.29, 0.717) is 6.47 Å². The van der Waals surface area contributed by atoms with Crippen LogP contribution in [0.5, 0.6) is 0 Å². The monoisotopic (exact) mass is 249 g/mol. The second-order valence-corrected chi connectivity index (χ2v) is 0.0913. The van der Waals surface area contributed by atoms with Crippen molar-refractivity contribution in [3.8, 4) is 0 Å². The van der Waals surface area contributed by atoms with Crippen LogP contribution in [0.15, 0.2) is 0 Å². The van der Waals surface area contributed by atoms with E-state index in [1.165, 1.54) is 0 Å². The quantitative estimate of drug-likeness (QED) is 0.462. The molecule has 0 aliphatic rings. The fourth-order valence-electron chi connectivity index (χ4n) is 0. The molecule has 0 amide bonds. The number of hydrogen-bond donors (Lipinski definition) is 1. The average Bonchev–Trinajstić information content (AvgIpc) is 0.918. The molecule has 0 atom stereocenters. The third-order valence-electron chi connectivity index (χ3n) is 0. The van der Waals surface area contributed by atoms with E-state index < -0.39 is 0 Å². The van der Waals surface area contributed by atoms with E-state index in [9.17, 15) is 0 Å². The van der Waals surface area contributed by atoms with Crippen molar-refractivity contribution < 1.29 is 32.2 Å². The van der Waals surface area contributed by atoms with E-state index in [0.717, 1.165) is 0 Å². The summed E-state index contributed by atoms with van der Waals surface area (Å²) in [5.41, 5.74) is 0. The molecule has 0 saturated heterocycles. The maximum atomic E-state index is 8.24. The zero-order valence-corrected chi connectivity index (χ0v) is 10.2. The van der Waals surface area contributed by atoms with Gasteiger partial charge in [0.1, 0.15) is 0 Å². The molecule has 0 radical (unpaired) electrons. The minimum Gasteiger partial charge on any atom is -1.00 e. The summed E-state index contributed by atoms with van der Waals surface area (Å²) in [4.78, 5) is 8.24. The summed E-state index contributed by atoms with van der Waals surface area (Å²) in [5, 5.41) is 6.76. The van der Waals surface area contributed by atoms with Gasteiger partial charge in [0.25, 0.3) is 0 Å². The van der Waals surface area contributed by atoms with Crippen LogP contribution in [0.1, 0.15) is 2.85 Å². The van der Waals surface area contributed by atoms with Gasteiger partial charge in [0, 0.05) is 19.5 Å². The minimum atomic E-state index is 0. The second kappa shape index (κ2) is 17.4. The van der Waals surface area contributed by atoms with Crippen LogP contribution in [-0.4, -0.2) is 60.5 Å². The van der Waals surface area contributed by atoms with E-state index in [1.54, 1.807) is 0 Å². The Balaban J connectivity index is -0.00000000333. The van der Waals surface area contributed by atoms with Crippen LogP contribution in [0.4, 0.5) is 0 Å². The Bertz CT molecular complexity index is 23.2. The van der Waals surface area contributed by atoms with Gasteiger partial charge in [-0.1, -0.05) is 6.47 Å². The van der Waals surface area contributed by atoms with Crippen molar-refractivity contribution in [3.05, 3.63) is 0 Å². The van der Waals surface area contributed by atoms with E-state index >= 15 is 0 Å². The van der Waals surface area contributed by atoms with Gasteiger partial charge in [-0.05, 0) is 0 Å². The van der Waals surface area contributed by atoms with Crippen LogP contribution >= 0.6 is 0 Å². The summed E-state index contributed by atoms with van der Waals surface area (Å²) in [7, 11) is 0. The van der Waals surface area contributed by atoms with Crippen LogP contribution in [-0.2, 0) is 24.3 Å². The van der Waals surface area contributed by atoms with Crippen molar-refractivity contribution in [3.63, 3.8) is 0 Å². The SMILES string of the molecule is O=[C-]O.[Ba+2].[H-].[H-].[Zn].